The van der Waals surface area contributed by atoms with Crippen molar-refractivity contribution in [2.75, 3.05) is 0 Å². The average Bonchev–Trinajstić information content (AvgIpc) is 2.75. The van der Waals surface area contributed by atoms with Gasteiger partial charge in [-0.3, -0.25) is 19.6 Å². The zero-order chi connectivity index (χ0) is 24.4. The number of rotatable bonds is 4. The molecule has 0 saturated heterocycles. The number of aromatic nitrogens is 2. The molecule has 182 valence electrons. The van der Waals surface area contributed by atoms with Crippen LogP contribution in [0.1, 0.15) is 34.6 Å². The molecule has 2 rings (SSSR count). The third-order valence-corrected chi connectivity index (χ3v) is 3.36. The molecular weight excluding hydrogens is 505 g/mol. The van der Waals surface area contributed by atoms with Gasteiger partial charge in [0.15, 0.2) is 0 Å². The Morgan fingerprint density at radius 2 is 0.970 bits per heavy atom. The summed E-state index contributed by atoms with van der Waals surface area (Å²) in [7, 11) is 0. The summed E-state index contributed by atoms with van der Waals surface area (Å²) >= 11 is 0. The number of hydrazone groups is 2. The number of hydrogen-bond acceptors (Lipinski definition) is 6. The molecule has 2 aromatic rings. The minimum atomic E-state index is -4.54. The van der Waals surface area contributed by atoms with E-state index in [0.717, 1.165) is 13.8 Å². The molecule has 0 aliphatic carbocycles. The summed E-state index contributed by atoms with van der Waals surface area (Å²) in [6.45, 7) is 1.54. The number of carbonyl (C=O) groups is 2. The van der Waals surface area contributed by atoms with Crippen molar-refractivity contribution in [3.8, 4) is 0 Å². The molecule has 0 saturated carbocycles. The normalized spacial score (nSPS) is 12.0. The Hall–Kier alpha value is -3.35. The predicted octanol–water partition coefficient (Wildman–Crippen LogP) is 3.50. The van der Waals surface area contributed by atoms with Crippen molar-refractivity contribution in [2.45, 2.75) is 26.2 Å². The van der Waals surface area contributed by atoms with Crippen LogP contribution >= 0.6 is 0 Å². The van der Waals surface area contributed by atoms with Gasteiger partial charge in [0.25, 0.3) is 11.8 Å². The SMILES string of the molecule is C/C(=N/NC(=O)c1ccncc1)C(F)(F)F.C/C(=N/NC(=O)c1ccncc1)C(F)(F)F.[Ni]. The van der Waals surface area contributed by atoms with E-state index >= 15 is 0 Å². The van der Waals surface area contributed by atoms with Crippen LogP contribution in [0.3, 0.4) is 0 Å². The van der Waals surface area contributed by atoms with Crippen LogP contribution in [0.25, 0.3) is 0 Å². The summed E-state index contributed by atoms with van der Waals surface area (Å²) in [4.78, 5) is 29.9. The van der Waals surface area contributed by atoms with Gasteiger partial charge in [-0.05, 0) is 38.1 Å². The van der Waals surface area contributed by atoms with E-state index in [2.05, 4.69) is 20.2 Å². The Labute approximate surface area is 193 Å². The van der Waals surface area contributed by atoms with Crippen molar-refractivity contribution in [1.82, 2.24) is 20.8 Å². The van der Waals surface area contributed by atoms with E-state index in [1.165, 1.54) is 49.1 Å². The first-order valence-corrected chi connectivity index (χ1v) is 8.46. The maximum atomic E-state index is 12.0. The second-order valence-corrected chi connectivity index (χ2v) is 5.74. The molecule has 0 spiro atoms. The molecule has 15 heteroatoms. The van der Waals surface area contributed by atoms with Gasteiger partial charge in [-0.15, -0.1) is 0 Å². The molecule has 0 fully saturated rings. The van der Waals surface area contributed by atoms with Crippen LogP contribution in [-0.2, 0) is 16.5 Å². The molecule has 8 nitrogen and oxygen atoms in total. The van der Waals surface area contributed by atoms with Gasteiger partial charge < -0.3 is 0 Å². The molecule has 2 N–H and O–H groups in total. The van der Waals surface area contributed by atoms with Crippen molar-refractivity contribution in [3.05, 3.63) is 60.2 Å². The minimum Gasteiger partial charge on any atom is -0.267 e. The molecule has 0 radical (unpaired) electrons. The van der Waals surface area contributed by atoms with Crippen molar-refractivity contribution in [2.24, 2.45) is 10.2 Å². The zero-order valence-electron chi connectivity index (χ0n) is 16.8. The first kappa shape index (κ1) is 29.7. The Bertz CT molecular complexity index is 886. The van der Waals surface area contributed by atoms with Crippen molar-refractivity contribution in [1.29, 1.82) is 0 Å². The minimum absolute atomic E-state index is 0. The number of nitrogens with one attached hydrogen (secondary N) is 2. The van der Waals surface area contributed by atoms with Gasteiger partial charge in [0, 0.05) is 52.4 Å². The maximum absolute atomic E-state index is 12.0. The van der Waals surface area contributed by atoms with Gasteiger partial charge in [0.2, 0.25) is 0 Å². The van der Waals surface area contributed by atoms with Gasteiger partial charge >= 0.3 is 12.4 Å². The van der Waals surface area contributed by atoms with E-state index in [1.807, 2.05) is 0 Å². The second kappa shape index (κ2) is 13.3. The monoisotopic (exact) mass is 520 g/mol. The molecule has 0 aromatic carbocycles. The molecule has 0 bridgehead atoms. The Balaban J connectivity index is 0.000000602. The first-order valence-electron chi connectivity index (χ1n) is 8.46. The van der Waals surface area contributed by atoms with Gasteiger partial charge in [-0.1, -0.05) is 0 Å². The summed E-state index contributed by atoms with van der Waals surface area (Å²) in [6, 6.07) is 5.48. The molecule has 2 amide bonds. The molecule has 2 aromatic heterocycles. The van der Waals surface area contributed by atoms with Crippen molar-refractivity contribution < 1.29 is 52.4 Å². The van der Waals surface area contributed by atoms with E-state index in [1.54, 1.807) is 10.9 Å². The molecule has 0 aliphatic heterocycles. The Morgan fingerprint density at radius 3 is 1.21 bits per heavy atom. The summed E-state index contributed by atoms with van der Waals surface area (Å²) in [5.74, 6) is -1.43. The first-order chi connectivity index (χ1) is 14.8. The summed E-state index contributed by atoms with van der Waals surface area (Å²) in [6.07, 6.45) is -3.65. The standard InChI is InChI=1S/2C9H8F3N3O.Ni/c2*1-6(9(10,11)12)14-15-8(16)7-2-4-13-5-3-7;/h2*2-5H,1H3,(H,15,16);/b2*14-6-;. The van der Waals surface area contributed by atoms with E-state index in [-0.39, 0.29) is 27.6 Å². The molecule has 0 atom stereocenters. The number of hydrogen-bond donors (Lipinski definition) is 2. The fourth-order valence-electron chi connectivity index (χ4n) is 1.53. The van der Waals surface area contributed by atoms with Crippen LogP contribution in [0, 0.1) is 0 Å². The largest absolute Gasteiger partial charge is 0.430 e. The zero-order valence-corrected chi connectivity index (χ0v) is 17.8. The van der Waals surface area contributed by atoms with E-state index < -0.39 is 35.6 Å². The van der Waals surface area contributed by atoms with Crippen LogP contribution in [0.4, 0.5) is 26.3 Å². The summed E-state index contributed by atoms with van der Waals surface area (Å²) in [5, 5.41) is 5.89. The molecule has 0 aliphatic rings. The number of pyridine rings is 2. The van der Waals surface area contributed by atoms with Crippen molar-refractivity contribution >= 4 is 23.2 Å². The fraction of sp³-hybridized carbons (Fsp3) is 0.222. The van der Waals surface area contributed by atoms with E-state index in [4.69, 9.17) is 0 Å². The Morgan fingerprint density at radius 1 is 0.697 bits per heavy atom. The molecule has 2 heterocycles. The van der Waals surface area contributed by atoms with Gasteiger partial charge in [-0.2, -0.15) is 36.5 Å². The molecular formula is C18H16F6N6NiO2. The Kier molecular flexibility index (Phi) is 11.9. The van der Waals surface area contributed by atoms with Crippen LogP contribution in [0.2, 0.25) is 0 Å². The number of alkyl halides is 6. The van der Waals surface area contributed by atoms with Crippen LogP contribution < -0.4 is 10.9 Å². The van der Waals surface area contributed by atoms with E-state index in [9.17, 15) is 35.9 Å². The van der Waals surface area contributed by atoms with Gasteiger partial charge in [0.1, 0.15) is 11.4 Å². The average molecular weight is 521 g/mol. The van der Waals surface area contributed by atoms with Gasteiger partial charge in [-0.25, -0.2) is 10.9 Å². The second-order valence-electron chi connectivity index (χ2n) is 5.74. The smallest absolute Gasteiger partial charge is 0.267 e. The van der Waals surface area contributed by atoms with Crippen molar-refractivity contribution in [3.63, 3.8) is 0 Å². The quantitative estimate of drug-likeness (QED) is 0.278. The molecule has 33 heavy (non-hydrogen) atoms. The van der Waals surface area contributed by atoms with Gasteiger partial charge in [0.05, 0.1) is 0 Å². The fourth-order valence-corrected chi connectivity index (χ4v) is 1.53. The van der Waals surface area contributed by atoms with Crippen LogP contribution in [0.15, 0.2) is 59.3 Å². The van der Waals surface area contributed by atoms with Crippen LogP contribution in [-0.4, -0.2) is 45.6 Å². The third kappa shape index (κ3) is 11.2. The summed E-state index contributed by atoms with van der Waals surface area (Å²) < 4.78 is 72.1. The topological polar surface area (TPSA) is 109 Å². The number of amides is 2. The summed E-state index contributed by atoms with van der Waals surface area (Å²) in [5.41, 5.74) is 1.76. The maximum Gasteiger partial charge on any atom is 0.430 e. The van der Waals surface area contributed by atoms with E-state index in [0.29, 0.717) is 0 Å². The molecule has 0 unspecified atom stereocenters. The predicted molar refractivity (Wildman–Crippen MR) is 102 cm³/mol. The third-order valence-electron chi connectivity index (χ3n) is 3.36. The number of carbonyl (C=O) groups excluding carboxylic acids is 2. The van der Waals surface area contributed by atoms with Crippen LogP contribution in [0.5, 0.6) is 0 Å². The number of nitrogens with zero attached hydrogens (tertiary/aromatic N) is 4. The number of halogens is 6.